The van der Waals surface area contributed by atoms with Crippen LogP contribution in [-0.4, -0.2) is 78.3 Å². The average molecular weight is 559 g/mol. The number of carbonyl (C=O) groups excluding carboxylic acids is 3. The quantitative estimate of drug-likeness (QED) is 0.218. The molecule has 10 nitrogen and oxygen atoms in total. The van der Waals surface area contributed by atoms with Crippen LogP contribution in [0.15, 0.2) is 54.6 Å². The van der Waals surface area contributed by atoms with Crippen molar-refractivity contribution in [2.45, 2.75) is 64.2 Å². The number of carbonyl (C=O) groups is 3. The number of likely N-dealkylation sites (tertiary alicyclic amines) is 1. The smallest absolute Gasteiger partial charge is 0.445 e. The molecule has 3 amide bonds. The van der Waals surface area contributed by atoms with Crippen LogP contribution in [0, 0.1) is 5.82 Å². The van der Waals surface area contributed by atoms with E-state index in [1.165, 1.54) is 36.3 Å². The zero-order valence-corrected chi connectivity index (χ0v) is 21.9. The van der Waals surface area contributed by atoms with E-state index in [0.29, 0.717) is 31.4 Å². The monoisotopic (exact) mass is 559 g/mol. The second-order valence-corrected chi connectivity index (χ2v) is 9.44. The number of hydrogen-bond acceptors (Lipinski definition) is 7. The number of nitrogens with zero attached hydrogens (tertiary/aromatic N) is 1. The Morgan fingerprint density at radius 2 is 1.77 bits per heavy atom. The number of amides is 3. The molecule has 1 heterocycles. The van der Waals surface area contributed by atoms with Crippen molar-refractivity contribution in [1.29, 1.82) is 0 Å². The van der Waals surface area contributed by atoms with Crippen LogP contribution in [-0.2, 0) is 32.1 Å². The van der Waals surface area contributed by atoms with Gasteiger partial charge in [0.25, 0.3) is 0 Å². The Labute approximate surface area is 235 Å². The van der Waals surface area contributed by atoms with E-state index in [1.54, 1.807) is 12.1 Å². The second kappa shape index (κ2) is 16.6. The number of hydrogen-bond donors (Lipinski definition) is 4. The lowest BCUT2D eigenvalue weighted by Crippen LogP contribution is -2.56. The van der Waals surface area contributed by atoms with Crippen molar-refractivity contribution >= 4 is 25.0 Å². The van der Waals surface area contributed by atoms with Crippen LogP contribution in [0.2, 0.25) is 0 Å². The number of methoxy groups -OCH3 is 1. The molecule has 218 valence electrons. The Morgan fingerprint density at radius 3 is 2.42 bits per heavy atom. The molecule has 0 radical (unpaired) electrons. The van der Waals surface area contributed by atoms with Crippen molar-refractivity contribution in [3.63, 3.8) is 0 Å². The van der Waals surface area contributed by atoms with Gasteiger partial charge in [0.15, 0.2) is 0 Å². The van der Waals surface area contributed by atoms with Crippen LogP contribution < -0.4 is 10.6 Å². The molecular weight excluding hydrogens is 520 g/mol. The Bertz CT molecular complexity index is 1080. The molecule has 3 rings (SSSR count). The first-order chi connectivity index (χ1) is 18.8. The van der Waals surface area contributed by atoms with Gasteiger partial charge in [-0.3, -0.25) is 9.59 Å². The number of halogens is 1. The highest BCUT2D eigenvalue weighted by Gasteiger charge is 2.39. The zero-order chi connectivity index (χ0) is 28.2. The van der Waals surface area contributed by atoms with E-state index >= 15 is 0 Å². The van der Waals surface area contributed by atoms with Crippen LogP contribution >= 0.6 is 0 Å². The third-order valence-corrected chi connectivity index (χ3v) is 6.55. The number of rotatable bonds is 13. The Balaban J connectivity index is 0.00000560. The van der Waals surface area contributed by atoms with E-state index in [0.717, 1.165) is 5.56 Å². The minimum atomic E-state index is -1.77. The summed E-state index contributed by atoms with van der Waals surface area (Å²) in [5, 5.41) is 24.7. The molecule has 1 fully saturated rings. The fraction of sp³-hybridized carbons (Fsp3) is 0.464. The van der Waals surface area contributed by atoms with Gasteiger partial charge in [0.1, 0.15) is 24.5 Å². The lowest BCUT2D eigenvalue weighted by atomic mass is 9.76. The summed E-state index contributed by atoms with van der Waals surface area (Å²) in [6.45, 7) is 0.685. The van der Waals surface area contributed by atoms with Crippen molar-refractivity contribution in [2.75, 3.05) is 20.3 Å². The first kappa shape index (κ1) is 32.7. The number of benzene rings is 2. The lowest BCUT2D eigenvalue weighted by molar-refractivity contribution is -0.140. The molecule has 0 aliphatic carbocycles. The van der Waals surface area contributed by atoms with E-state index < -0.39 is 48.9 Å². The van der Waals surface area contributed by atoms with Crippen LogP contribution in [0.5, 0.6) is 0 Å². The molecule has 0 unspecified atom stereocenters. The first-order valence-electron chi connectivity index (χ1n) is 13.0. The van der Waals surface area contributed by atoms with Crippen molar-refractivity contribution in [3.8, 4) is 0 Å². The topological polar surface area (TPSA) is 137 Å². The summed E-state index contributed by atoms with van der Waals surface area (Å²) in [4.78, 5) is 40.8. The van der Waals surface area contributed by atoms with Gasteiger partial charge in [-0.05, 0) is 48.9 Å². The van der Waals surface area contributed by atoms with Crippen molar-refractivity contribution < 1.29 is 38.3 Å². The third kappa shape index (κ3) is 9.93. The third-order valence-electron chi connectivity index (χ3n) is 6.55. The minimum absolute atomic E-state index is 0. The van der Waals surface area contributed by atoms with Crippen molar-refractivity contribution in [3.05, 3.63) is 71.5 Å². The molecule has 0 bridgehead atoms. The summed E-state index contributed by atoms with van der Waals surface area (Å²) in [5.41, 5.74) is 1.39. The van der Waals surface area contributed by atoms with E-state index in [4.69, 9.17) is 9.47 Å². The lowest BCUT2D eigenvalue weighted by Gasteiger charge is -2.30. The predicted octanol–water partition coefficient (Wildman–Crippen LogP) is 2.21. The fourth-order valence-corrected chi connectivity index (χ4v) is 4.49. The fourth-order valence-electron chi connectivity index (χ4n) is 4.49. The highest BCUT2D eigenvalue weighted by atomic mass is 19.1. The van der Waals surface area contributed by atoms with E-state index in [1.807, 2.05) is 18.2 Å². The highest BCUT2D eigenvalue weighted by Crippen LogP contribution is 2.21. The Kier molecular flexibility index (Phi) is 13.6. The molecular formula is C28H39BFN3O7. The summed E-state index contributed by atoms with van der Waals surface area (Å²) < 4.78 is 23.7. The van der Waals surface area contributed by atoms with Gasteiger partial charge in [0.05, 0.1) is 5.94 Å². The molecule has 1 aliphatic heterocycles. The maximum Gasteiger partial charge on any atom is 0.475 e. The number of ether oxygens (including phenoxy) is 2. The Morgan fingerprint density at radius 1 is 1.07 bits per heavy atom. The van der Waals surface area contributed by atoms with Crippen LogP contribution in [0.1, 0.15) is 44.2 Å². The molecule has 2 aromatic carbocycles. The summed E-state index contributed by atoms with van der Waals surface area (Å²) in [6, 6.07) is 12.7. The van der Waals surface area contributed by atoms with Gasteiger partial charge in [-0.15, -0.1) is 0 Å². The first-order valence-corrected chi connectivity index (χ1v) is 13.0. The van der Waals surface area contributed by atoms with Gasteiger partial charge >= 0.3 is 13.2 Å². The van der Waals surface area contributed by atoms with Crippen LogP contribution in [0.4, 0.5) is 9.18 Å². The van der Waals surface area contributed by atoms with E-state index in [-0.39, 0.29) is 33.4 Å². The van der Waals surface area contributed by atoms with Gasteiger partial charge in [-0.2, -0.15) is 0 Å². The Hall–Kier alpha value is -3.48. The van der Waals surface area contributed by atoms with Crippen molar-refractivity contribution in [1.82, 2.24) is 15.5 Å². The standard InChI is InChI=1S/C27H35BFN3O7.CH4/c1-38-16-6-10-24(28(36)37)31-25(33)23-9-5-15-32(23)26(34)22(17-19-11-13-21(29)14-12-19)30-27(35)39-18-20-7-3-2-4-8-20;/h2-4,7-8,11-14,22-24,36-37H,5-6,9-10,15-18H2,1H3,(H,30,35)(H,31,33);1H4/t22-,23+,24+;/m1./s1. The molecule has 40 heavy (non-hydrogen) atoms. The zero-order valence-electron chi connectivity index (χ0n) is 21.9. The maximum atomic E-state index is 13.7. The SMILES string of the molecule is C.COCCC[C@H](NC(=O)[C@@H]1CCCN1C(=O)[C@@H](Cc1ccc(F)cc1)NC(=O)OCc1ccccc1)B(O)O. The summed E-state index contributed by atoms with van der Waals surface area (Å²) in [5.74, 6) is -2.36. The molecule has 0 saturated carbocycles. The molecule has 2 aromatic rings. The van der Waals surface area contributed by atoms with Gasteiger partial charge in [-0.25, -0.2) is 9.18 Å². The van der Waals surface area contributed by atoms with Gasteiger partial charge < -0.3 is 35.1 Å². The summed E-state index contributed by atoms with van der Waals surface area (Å²) in [7, 11) is -0.248. The molecule has 1 aliphatic rings. The van der Waals surface area contributed by atoms with E-state index in [9.17, 15) is 28.8 Å². The largest absolute Gasteiger partial charge is 0.475 e. The molecule has 1 saturated heterocycles. The molecule has 4 N–H and O–H groups in total. The summed E-state index contributed by atoms with van der Waals surface area (Å²) >= 11 is 0. The van der Waals surface area contributed by atoms with E-state index in [2.05, 4.69) is 10.6 Å². The number of nitrogens with one attached hydrogen (secondary N) is 2. The maximum absolute atomic E-state index is 13.7. The molecule has 0 aromatic heterocycles. The predicted molar refractivity (Wildman–Crippen MR) is 148 cm³/mol. The molecule has 0 spiro atoms. The highest BCUT2D eigenvalue weighted by molar-refractivity contribution is 6.43. The second-order valence-electron chi connectivity index (χ2n) is 9.44. The van der Waals surface area contributed by atoms with Gasteiger partial charge in [0, 0.05) is 26.7 Å². The number of alkyl carbamates (subject to hydrolysis) is 1. The average Bonchev–Trinajstić information content (AvgIpc) is 3.42. The normalized spacial score (nSPS) is 15.9. The van der Waals surface area contributed by atoms with Crippen LogP contribution in [0.25, 0.3) is 0 Å². The molecule has 3 atom stereocenters. The van der Waals surface area contributed by atoms with Gasteiger partial charge in [0.2, 0.25) is 11.8 Å². The molecule has 12 heteroatoms. The summed E-state index contributed by atoms with van der Waals surface area (Å²) in [6.07, 6.45) is 0.967. The minimum Gasteiger partial charge on any atom is -0.445 e. The van der Waals surface area contributed by atoms with Crippen LogP contribution in [0.3, 0.4) is 0 Å². The van der Waals surface area contributed by atoms with Crippen molar-refractivity contribution in [2.24, 2.45) is 0 Å². The van der Waals surface area contributed by atoms with Gasteiger partial charge in [-0.1, -0.05) is 49.9 Å².